The Morgan fingerprint density at radius 1 is 1.47 bits per heavy atom. The van der Waals surface area contributed by atoms with E-state index in [1.807, 2.05) is 30.3 Å². The predicted octanol–water partition coefficient (Wildman–Crippen LogP) is 1.14. The van der Waals surface area contributed by atoms with Gasteiger partial charge in [0.25, 0.3) is 0 Å². The Balaban J connectivity index is 2.46. The maximum atomic E-state index is 12.0. The van der Waals surface area contributed by atoms with Crippen LogP contribution in [0.25, 0.3) is 0 Å². The molecule has 0 amide bonds. The average Bonchev–Trinajstić information content (AvgIpc) is 2.78. The predicted molar refractivity (Wildman–Crippen MR) is 70.0 cm³/mol. The topological polar surface area (TPSA) is 68.1 Å². The minimum atomic E-state index is -1.40. The molecular weight excluding hydrogens is 246 g/mol. The molecule has 0 saturated heterocycles. The van der Waals surface area contributed by atoms with Gasteiger partial charge in [-0.1, -0.05) is 18.2 Å². The number of esters is 1. The fraction of sp³-hybridized carbons (Fsp3) is 0.429. The van der Waals surface area contributed by atoms with Crippen LogP contribution in [-0.2, 0) is 14.3 Å². The second-order valence-corrected chi connectivity index (χ2v) is 4.54. The van der Waals surface area contributed by atoms with Gasteiger partial charge in [-0.3, -0.25) is 0 Å². The third-order valence-electron chi connectivity index (χ3n) is 3.36. The lowest BCUT2D eigenvalue weighted by molar-refractivity contribution is -0.154. The number of benzene rings is 1. The normalized spacial score (nSPS) is 27.4. The minimum Gasteiger partial charge on any atom is -0.471 e. The van der Waals surface area contributed by atoms with Crippen molar-refractivity contribution in [1.82, 2.24) is 0 Å². The Hall–Kier alpha value is -1.88. The maximum Gasteiger partial charge on any atom is 0.340 e. The molecule has 0 aliphatic carbocycles. The van der Waals surface area contributed by atoms with Gasteiger partial charge in [-0.05, 0) is 26.0 Å². The lowest BCUT2D eigenvalue weighted by Crippen LogP contribution is -2.53. The average molecular weight is 263 g/mol. The second-order valence-electron chi connectivity index (χ2n) is 4.54. The first kappa shape index (κ1) is 13.5. The monoisotopic (exact) mass is 263 g/mol. The smallest absolute Gasteiger partial charge is 0.340 e. The molecule has 0 bridgehead atoms. The van der Waals surface area contributed by atoms with Gasteiger partial charge in [0.05, 0.1) is 13.2 Å². The third kappa shape index (κ3) is 2.10. The SMILES string of the molecule is COC(=O)[C@@]1(C(C)O)N=C(c2ccccc2)OC1C. The number of aliphatic hydroxyl groups is 1. The van der Waals surface area contributed by atoms with Gasteiger partial charge >= 0.3 is 5.97 Å². The van der Waals surface area contributed by atoms with Crippen LogP contribution < -0.4 is 0 Å². The molecule has 1 aliphatic rings. The largest absolute Gasteiger partial charge is 0.471 e. The van der Waals surface area contributed by atoms with Crippen LogP contribution in [0.4, 0.5) is 0 Å². The van der Waals surface area contributed by atoms with E-state index in [-0.39, 0.29) is 0 Å². The first-order valence-corrected chi connectivity index (χ1v) is 6.10. The Morgan fingerprint density at radius 3 is 2.63 bits per heavy atom. The summed E-state index contributed by atoms with van der Waals surface area (Å²) in [6.07, 6.45) is -1.59. The Kier molecular flexibility index (Phi) is 3.57. The van der Waals surface area contributed by atoms with E-state index in [0.717, 1.165) is 5.56 Å². The van der Waals surface area contributed by atoms with Crippen LogP contribution in [0.2, 0.25) is 0 Å². The van der Waals surface area contributed by atoms with Crippen molar-refractivity contribution in [2.24, 2.45) is 4.99 Å². The van der Waals surface area contributed by atoms with Crippen molar-refractivity contribution in [1.29, 1.82) is 0 Å². The number of rotatable bonds is 3. The highest BCUT2D eigenvalue weighted by molar-refractivity contribution is 5.99. The van der Waals surface area contributed by atoms with E-state index >= 15 is 0 Å². The van der Waals surface area contributed by atoms with Gasteiger partial charge in [-0.2, -0.15) is 0 Å². The van der Waals surface area contributed by atoms with Gasteiger partial charge in [-0.15, -0.1) is 0 Å². The van der Waals surface area contributed by atoms with E-state index < -0.39 is 23.7 Å². The number of carbonyl (C=O) groups is 1. The molecule has 5 nitrogen and oxygen atoms in total. The molecule has 2 unspecified atom stereocenters. The van der Waals surface area contributed by atoms with Gasteiger partial charge < -0.3 is 14.6 Å². The zero-order valence-electron chi connectivity index (χ0n) is 11.2. The van der Waals surface area contributed by atoms with Crippen LogP contribution in [0.5, 0.6) is 0 Å². The number of aliphatic hydroxyl groups excluding tert-OH is 1. The summed E-state index contributed by atoms with van der Waals surface area (Å²) in [6.45, 7) is 3.21. The fourth-order valence-corrected chi connectivity index (χ4v) is 2.23. The highest BCUT2D eigenvalue weighted by Crippen LogP contribution is 2.32. The molecule has 19 heavy (non-hydrogen) atoms. The zero-order valence-corrected chi connectivity index (χ0v) is 11.2. The fourth-order valence-electron chi connectivity index (χ4n) is 2.23. The molecule has 0 aromatic heterocycles. The summed E-state index contributed by atoms with van der Waals surface area (Å²) in [7, 11) is 1.27. The quantitative estimate of drug-likeness (QED) is 0.830. The van der Waals surface area contributed by atoms with Crippen LogP contribution in [0, 0.1) is 0 Å². The van der Waals surface area contributed by atoms with Gasteiger partial charge in [0, 0.05) is 5.56 Å². The molecular formula is C14H17NO4. The summed E-state index contributed by atoms with van der Waals surface area (Å²) >= 11 is 0. The van der Waals surface area contributed by atoms with Gasteiger partial charge in [0.2, 0.25) is 11.4 Å². The van der Waals surface area contributed by atoms with Crippen LogP contribution in [-0.4, -0.2) is 41.8 Å². The van der Waals surface area contributed by atoms with E-state index in [1.165, 1.54) is 14.0 Å². The molecule has 2 rings (SSSR count). The molecule has 5 heteroatoms. The molecule has 1 aromatic rings. The Morgan fingerprint density at radius 2 is 2.11 bits per heavy atom. The van der Waals surface area contributed by atoms with Crippen molar-refractivity contribution in [3.63, 3.8) is 0 Å². The van der Waals surface area contributed by atoms with E-state index in [2.05, 4.69) is 4.99 Å². The summed E-state index contributed by atoms with van der Waals surface area (Å²) in [6, 6.07) is 9.26. The summed E-state index contributed by atoms with van der Waals surface area (Å²) in [5, 5.41) is 9.95. The van der Waals surface area contributed by atoms with Crippen molar-refractivity contribution >= 4 is 11.9 Å². The van der Waals surface area contributed by atoms with E-state index in [0.29, 0.717) is 5.90 Å². The molecule has 0 fully saturated rings. The third-order valence-corrected chi connectivity index (χ3v) is 3.36. The minimum absolute atomic E-state index is 0.347. The van der Waals surface area contributed by atoms with Gasteiger partial charge in [0.15, 0.2) is 0 Å². The number of ether oxygens (including phenoxy) is 2. The molecule has 1 aliphatic heterocycles. The van der Waals surface area contributed by atoms with E-state index in [4.69, 9.17) is 9.47 Å². The Labute approximate surface area is 111 Å². The van der Waals surface area contributed by atoms with Crippen LogP contribution in [0.1, 0.15) is 19.4 Å². The number of hydrogen-bond donors (Lipinski definition) is 1. The lowest BCUT2D eigenvalue weighted by atomic mass is 9.89. The van der Waals surface area contributed by atoms with Gasteiger partial charge in [-0.25, -0.2) is 9.79 Å². The van der Waals surface area contributed by atoms with Crippen molar-refractivity contribution in [3.8, 4) is 0 Å². The first-order chi connectivity index (χ1) is 9.02. The summed E-state index contributed by atoms with van der Waals surface area (Å²) in [4.78, 5) is 16.3. The van der Waals surface area contributed by atoms with Gasteiger partial charge in [0.1, 0.15) is 6.10 Å². The summed E-state index contributed by atoms with van der Waals surface area (Å²) in [5.41, 5.74) is -0.638. The molecule has 0 radical (unpaired) electrons. The summed E-state index contributed by atoms with van der Waals surface area (Å²) in [5.74, 6) is -0.250. The summed E-state index contributed by atoms with van der Waals surface area (Å²) < 4.78 is 10.4. The molecule has 102 valence electrons. The van der Waals surface area contributed by atoms with E-state index in [9.17, 15) is 9.90 Å². The highest BCUT2D eigenvalue weighted by Gasteiger charge is 2.55. The van der Waals surface area contributed by atoms with Crippen LogP contribution in [0.15, 0.2) is 35.3 Å². The van der Waals surface area contributed by atoms with Crippen LogP contribution >= 0.6 is 0 Å². The Bertz CT molecular complexity index is 497. The number of methoxy groups -OCH3 is 1. The number of carbonyl (C=O) groups excluding carboxylic acids is 1. The molecule has 1 heterocycles. The van der Waals surface area contributed by atoms with Crippen molar-refractivity contribution in [2.75, 3.05) is 7.11 Å². The molecule has 0 spiro atoms. The second kappa shape index (κ2) is 5.01. The number of nitrogens with zero attached hydrogens (tertiary/aromatic N) is 1. The van der Waals surface area contributed by atoms with E-state index in [1.54, 1.807) is 6.92 Å². The maximum absolute atomic E-state index is 12.0. The highest BCUT2D eigenvalue weighted by atomic mass is 16.5. The molecule has 1 aromatic carbocycles. The zero-order chi connectivity index (χ0) is 14.0. The van der Waals surface area contributed by atoms with Crippen molar-refractivity contribution in [3.05, 3.63) is 35.9 Å². The standard InChI is InChI=1S/C14H17NO4/c1-9(16)14(13(17)18-3)10(2)19-12(15-14)11-7-5-4-6-8-11/h4-10,16H,1-3H3/t9?,10?,14-/m0/s1. The molecule has 3 atom stereocenters. The number of hydrogen-bond acceptors (Lipinski definition) is 5. The van der Waals surface area contributed by atoms with Crippen molar-refractivity contribution in [2.45, 2.75) is 31.6 Å². The molecule has 1 N–H and O–H groups in total. The van der Waals surface area contributed by atoms with Crippen LogP contribution in [0.3, 0.4) is 0 Å². The molecule has 0 saturated carbocycles. The number of aliphatic imine (C=N–C) groups is 1. The lowest BCUT2D eigenvalue weighted by Gasteiger charge is -2.28. The van der Waals surface area contributed by atoms with Crippen molar-refractivity contribution < 1.29 is 19.4 Å². The first-order valence-electron chi connectivity index (χ1n) is 6.10.